The van der Waals surface area contributed by atoms with Crippen molar-refractivity contribution < 1.29 is 4.39 Å². The van der Waals surface area contributed by atoms with Gasteiger partial charge in [0.1, 0.15) is 5.82 Å². The molecule has 1 heterocycles. The molecule has 1 nitrogen and oxygen atoms in total. The van der Waals surface area contributed by atoms with E-state index >= 15 is 0 Å². The lowest BCUT2D eigenvalue weighted by Crippen LogP contribution is -2.34. The van der Waals surface area contributed by atoms with E-state index in [9.17, 15) is 4.39 Å². The zero-order valence-electron chi connectivity index (χ0n) is 10.5. The summed E-state index contributed by atoms with van der Waals surface area (Å²) in [5, 5.41) is 3.46. The molecular formula is C15H20FN. The summed E-state index contributed by atoms with van der Waals surface area (Å²) in [7, 11) is 0. The van der Waals surface area contributed by atoms with Crippen molar-refractivity contribution in [1.82, 2.24) is 5.32 Å². The van der Waals surface area contributed by atoms with Gasteiger partial charge in [-0.05, 0) is 63.1 Å². The van der Waals surface area contributed by atoms with Crippen molar-refractivity contribution in [2.75, 3.05) is 6.54 Å². The number of halogens is 1. The standard InChI is InChI=1S/C15H20FN/c1-15(9-4-10-17-15)13-8-7-11-5-2-3-6-12(11)14(13)16/h7-8,17H,2-6,9-10H2,1H3. The first kappa shape index (κ1) is 11.2. The van der Waals surface area contributed by atoms with E-state index in [1.165, 1.54) is 12.0 Å². The maximum Gasteiger partial charge on any atom is 0.131 e. The van der Waals surface area contributed by atoms with Gasteiger partial charge >= 0.3 is 0 Å². The highest BCUT2D eigenvalue weighted by atomic mass is 19.1. The van der Waals surface area contributed by atoms with Gasteiger partial charge in [0.15, 0.2) is 0 Å². The number of rotatable bonds is 1. The Balaban J connectivity index is 2.06. The third-order valence-corrected chi connectivity index (χ3v) is 4.43. The summed E-state index contributed by atoms with van der Waals surface area (Å²) in [4.78, 5) is 0. The smallest absolute Gasteiger partial charge is 0.131 e. The molecule has 92 valence electrons. The number of nitrogens with one attached hydrogen (secondary N) is 1. The molecule has 2 aliphatic rings. The first-order valence-electron chi connectivity index (χ1n) is 6.76. The highest BCUT2D eigenvalue weighted by molar-refractivity contribution is 5.39. The van der Waals surface area contributed by atoms with Crippen molar-refractivity contribution in [2.45, 2.75) is 51.0 Å². The predicted molar refractivity (Wildman–Crippen MR) is 67.6 cm³/mol. The van der Waals surface area contributed by atoms with Crippen LogP contribution in [0.25, 0.3) is 0 Å². The fourth-order valence-corrected chi connectivity index (χ4v) is 3.33. The highest BCUT2D eigenvalue weighted by Gasteiger charge is 2.33. The third-order valence-electron chi connectivity index (χ3n) is 4.43. The Bertz CT molecular complexity index is 433. The molecule has 1 unspecified atom stereocenters. The average Bonchev–Trinajstić information content (AvgIpc) is 2.78. The van der Waals surface area contributed by atoms with Crippen molar-refractivity contribution in [3.63, 3.8) is 0 Å². The van der Waals surface area contributed by atoms with Crippen molar-refractivity contribution >= 4 is 0 Å². The van der Waals surface area contributed by atoms with Crippen LogP contribution in [-0.2, 0) is 18.4 Å². The monoisotopic (exact) mass is 233 g/mol. The largest absolute Gasteiger partial charge is 0.308 e. The van der Waals surface area contributed by atoms with Gasteiger partial charge in [-0.15, -0.1) is 0 Å². The fraction of sp³-hybridized carbons (Fsp3) is 0.600. The Kier molecular flexibility index (Phi) is 2.70. The third kappa shape index (κ3) is 1.79. The van der Waals surface area contributed by atoms with Crippen molar-refractivity contribution in [2.24, 2.45) is 0 Å². The van der Waals surface area contributed by atoms with E-state index in [2.05, 4.69) is 18.3 Å². The van der Waals surface area contributed by atoms with Gasteiger partial charge < -0.3 is 5.32 Å². The summed E-state index contributed by atoms with van der Waals surface area (Å²) >= 11 is 0. The summed E-state index contributed by atoms with van der Waals surface area (Å²) < 4.78 is 14.6. The molecular weight excluding hydrogens is 213 g/mol. The van der Waals surface area contributed by atoms with E-state index < -0.39 is 0 Å². The molecule has 0 spiro atoms. The van der Waals surface area contributed by atoms with Crippen LogP contribution in [0.5, 0.6) is 0 Å². The molecule has 0 bridgehead atoms. The molecule has 1 aromatic rings. The summed E-state index contributed by atoms with van der Waals surface area (Å²) in [6.07, 6.45) is 6.51. The maximum absolute atomic E-state index is 14.6. The van der Waals surface area contributed by atoms with Gasteiger partial charge in [-0.2, -0.15) is 0 Å². The molecule has 17 heavy (non-hydrogen) atoms. The molecule has 1 aromatic carbocycles. The van der Waals surface area contributed by atoms with E-state index in [1.807, 2.05) is 6.07 Å². The molecule has 0 radical (unpaired) electrons. The van der Waals surface area contributed by atoms with Gasteiger partial charge in [-0.3, -0.25) is 0 Å². The first-order valence-corrected chi connectivity index (χ1v) is 6.76. The van der Waals surface area contributed by atoms with E-state index in [0.717, 1.165) is 49.8 Å². The predicted octanol–water partition coefficient (Wildman–Crippen LogP) is 3.30. The second-order valence-electron chi connectivity index (χ2n) is 5.63. The molecule has 0 aromatic heterocycles. The Labute approximate surface area is 102 Å². The highest BCUT2D eigenvalue weighted by Crippen LogP contribution is 2.35. The minimum atomic E-state index is -0.142. The topological polar surface area (TPSA) is 12.0 Å². The number of aryl methyl sites for hydroxylation is 1. The zero-order chi connectivity index (χ0) is 11.9. The van der Waals surface area contributed by atoms with Gasteiger partial charge in [-0.1, -0.05) is 12.1 Å². The Morgan fingerprint density at radius 1 is 1.18 bits per heavy atom. The Hall–Kier alpha value is -0.890. The Morgan fingerprint density at radius 2 is 2.00 bits per heavy atom. The van der Waals surface area contributed by atoms with Gasteiger partial charge in [0.05, 0.1) is 0 Å². The van der Waals surface area contributed by atoms with E-state index in [4.69, 9.17) is 0 Å². The summed E-state index contributed by atoms with van der Waals surface area (Å²) in [5.41, 5.74) is 2.97. The van der Waals surface area contributed by atoms with E-state index in [0.29, 0.717) is 0 Å². The van der Waals surface area contributed by atoms with Gasteiger partial charge in [-0.25, -0.2) is 4.39 Å². The van der Waals surface area contributed by atoms with Crippen molar-refractivity contribution in [3.05, 3.63) is 34.6 Å². The molecule has 0 saturated carbocycles. The summed E-state index contributed by atoms with van der Waals surface area (Å²) in [5.74, 6) is 0.0686. The minimum Gasteiger partial charge on any atom is -0.308 e. The van der Waals surface area contributed by atoms with E-state index in [-0.39, 0.29) is 11.4 Å². The summed E-state index contributed by atoms with van der Waals surface area (Å²) in [6, 6.07) is 4.16. The average molecular weight is 233 g/mol. The molecule has 2 heteroatoms. The minimum absolute atomic E-state index is 0.0686. The van der Waals surface area contributed by atoms with Crippen molar-refractivity contribution in [3.8, 4) is 0 Å². The van der Waals surface area contributed by atoms with Gasteiger partial charge in [0.25, 0.3) is 0 Å². The molecule has 1 fully saturated rings. The van der Waals surface area contributed by atoms with Crippen LogP contribution in [0.1, 0.15) is 49.3 Å². The van der Waals surface area contributed by atoms with Crippen LogP contribution >= 0.6 is 0 Å². The summed E-state index contributed by atoms with van der Waals surface area (Å²) in [6.45, 7) is 3.14. The van der Waals surface area contributed by atoms with Gasteiger partial charge in [0, 0.05) is 11.1 Å². The normalized spacial score (nSPS) is 28.1. The molecule has 1 atom stereocenters. The van der Waals surface area contributed by atoms with Crippen LogP contribution in [0.4, 0.5) is 4.39 Å². The lowest BCUT2D eigenvalue weighted by atomic mass is 9.83. The lowest BCUT2D eigenvalue weighted by Gasteiger charge is -2.28. The number of hydrogen-bond donors (Lipinski definition) is 1. The fourth-order valence-electron chi connectivity index (χ4n) is 3.33. The lowest BCUT2D eigenvalue weighted by molar-refractivity contribution is 0.406. The maximum atomic E-state index is 14.6. The first-order chi connectivity index (χ1) is 8.21. The van der Waals surface area contributed by atoms with Crippen LogP contribution in [0.3, 0.4) is 0 Å². The van der Waals surface area contributed by atoms with Crippen LogP contribution in [-0.4, -0.2) is 6.54 Å². The second-order valence-corrected chi connectivity index (χ2v) is 5.63. The molecule has 1 N–H and O–H groups in total. The van der Waals surface area contributed by atoms with Crippen LogP contribution < -0.4 is 5.32 Å². The Morgan fingerprint density at radius 3 is 2.76 bits per heavy atom. The second kappa shape index (κ2) is 4.09. The number of hydrogen-bond acceptors (Lipinski definition) is 1. The SMILES string of the molecule is CC1(c2ccc3c(c2F)CCCC3)CCCN1. The molecule has 3 rings (SSSR count). The molecule has 1 aliphatic carbocycles. The molecule has 0 amide bonds. The number of benzene rings is 1. The van der Waals surface area contributed by atoms with E-state index in [1.54, 1.807) is 0 Å². The quantitative estimate of drug-likeness (QED) is 0.784. The van der Waals surface area contributed by atoms with Crippen molar-refractivity contribution in [1.29, 1.82) is 0 Å². The van der Waals surface area contributed by atoms with Gasteiger partial charge in [0.2, 0.25) is 0 Å². The number of fused-ring (bicyclic) bond motifs is 1. The molecule has 1 aliphatic heterocycles. The van der Waals surface area contributed by atoms with Crippen LogP contribution in [0.2, 0.25) is 0 Å². The van der Waals surface area contributed by atoms with Crippen LogP contribution in [0, 0.1) is 5.82 Å². The molecule has 1 saturated heterocycles. The van der Waals surface area contributed by atoms with Crippen LogP contribution in [0.15, 0.2) is 12.1 Å². The zero-order valence-corrected chi connectivity index (χ0v) is 10.5.